The average Bonchev–Trinajstić information content (AvgIpc) is 2.86. The van der Waals surface area contributed by atoms with Gasteiger partial charge in [-0.25, -0.2) is 0 Å². The van der Waals surface area contributed by atoms with Crippen LogP contribution in [-0.4, -0.2) is 5.11 Å². The van der Waals surface area contributed by atoms with E-state index in [0.29, 0.717) is 5.75 Å². The van der Waals surface area contributed by atoms with Gasteiger partial charge in [-0.2, -0.15) is 0 Å². The van der Waals surface area contributed by atoms with E-state index >= 15 is 0 Å². The van der Waals surface area contributed by atoms with Gasteiger partial charge in [0.25, 0.3) is 0 Å². The summed E-state index contributed by atoms with van der Waals surface area (Å²) in [4.78, 5) is 0. The van der Waals surface area contributed by atoms with Crippen LogP contribution in [0.1, 0.15) is 33.7 Å². The van der Waals surface area contributed by atoms with Crippen molar-refractivity contribution in [2.24, 2.45) is 0 Å². The molecule has 0 saturated heterocycles. The summed E-state index contributed by atoms with van der Waals surface area (Å²) >= 11 is 0. The maximum absolute atomic E-state index is 9.96. The molecule has 1 N–H and O–H groups in total. The van der Waals surface area contributed by atoms with Crippen molar-refractivity contribution in [3.05, 3.63) is 88.5 Å². The number of aryl methyl sites for hydroxylation is 2. The van der Waals surface area contributed by atoms with E-state index in [1.54, 1.807) is 0 Å². The van der Waals surface area contributed by atoms with E-state index in [-0.39, 0.29) is 5.92 Å². The molecule has 0 atom stereocenters. The molecule has 0 saturated carbocycles. The Morgan fingerprint density at radius 3 is 1.82 bits per heavy atom. The highest BCUT2D eigenvalue weighted by atomic mass is 16.3. The lowest BCUT2D eigenvalue weighted by atomic mass is 9.86. The molecule has 0 unspecified atom stereocenters. The predicted octanol–water partition coefficient (Wildman–Crippen LogP) is 5.17. The standard InChI is InChI=1S/C21H18O/c1-13-12-20(22)14(2)11-19(13)21-17-9-5-3-7-15(17)16-8-4-6-10-18(16)21/h3-12,21-22H,1-2H3. The summed E-state index contributed by atoms with van der Waals surface area (Å²) in [6.07, 6.45) is 0. The van der Waals surface area contributed by atoms with Crippen LogP contribution < -0.4 is 0 Å². The normalized spacial score (nSPS) is 13.0. The van der Waals surface area contributed by atoms with Gasteiger partial charge in [-0.1, -0.05) is 54.6 Å². The van der Waals surface area contributed by atoms with E-state index in [0.717, 1.165) is 11.1 Å². The molecule has 1 aliphatic rings. The van der Waals surface area contributed by atoms with Gasteiger partial charge in [0.1, 0.15) is 5.75 Å². The number of phenolic OH excluding ortho intramolecular Hbond substituents is 1. The monoisotopic (exact) mass is 286 g/mol. The fraction of sp³-hybridized carbons (Fsp3) is 0.143. The summed E-state index contributed by atoms with van der Waals surface area (Å²) in [5.41, 5.74) is 8.73. The Kier molecular flexibility index (Phi) is 2.83. The average molecular weight is 286 g/mol. The van der Waals surface area contributed by atoms with Crippen molar-refractivity contribution >= 4 is 0 Å². The topological polar surface area (TPSA) is 20.2 Å². The second kappa shape index (κ2) is 4.74. The molecule has 1 aliphatic carbocycles. The second-order valence-corrected chi connectivity index (χ2v) is 6.10. The van der Waals surface area contributed by atoms with Crippen LogP contribution in [0.2, 0.25) is 0 Å². The summed E-state index contributed by atoms with van der Waals surface area (Å²) in [5, 5.41) is 9.96. The summed E-state index contributed by atoms with van der Waals surface area (Å²) < 4.78 is 0. The zero-order valence-corrected chi connectivity index (χ0v) is 12.8. The zero-order valence-electron chi connectivity index (χ0n) is 12.8. The van der Waals surface area contributed by atoms with Gasteiger partial charge in [-0.3, -0.25) is 0 Å². The van der Waals surface area contributed by atoms with Crippen LogP contribution in [0.4, 0.5) is 0 Å². The third kappa shape index (κ3) is 1.79. The van der Waals surface area contributed by atoms with Crippen LogP contribution in [0.5, 0.6) is 5.75 Å². The highest BCUT2D eigenvalue weighted by molar-refractivity contribution is 5.81. The molecule has 0 spiro atoms. The summed E-state index contributed by atoms with van der Waals surface area (Å²) in [7, 11) is 0. The van der Waals surface area contributed by atoms with Crippen molar-refractivity contribution in [1.82, 2.24) is 0 Å². The Balaban J connectivity index is 2.02. The molecular formula is C21H18O. The number of hydrogen-bond acceptors (Lipinski definition) is 1. The van der Waals surface area contributed by atoms with Crippen molar-refractivity contribution in [3.63, 3.8) is 0 Å². The van der Waals surface area contributed by atoms with Gasteiger partial charge >= 0.3 is 0 Å². The molecule has 108 valence electrons. The Labute approximate surface area is 130 Å². The van der Waals surface area contributed by atoms with Crippen LogP contribution in [0.15, 0.2) is 60.7 Å². The summed E-state index contributed by atoms with van der Waals surface area (Å²) in [6, 6.07) is 21.3. The summed E-state index contributed by atoms with van der Waals surface area (Å²) in [5.74, 6) is 0.632. The molecule has 3 aromatic rings. The molecule has 4 rings (SSSR count). The molecule has 0 fully saturated rings. The first-order valence-corrected chi connectivity index (χ1v) is 7.65. The minimum absolute atomic E-state index is 0.256. The molecule has 1 heteroatoms. The Bertz CT molecular complexity index is 831. The van der Waals surface area contributed by atoms with Crippen molar-refractivity contribution in [3.8, 4) is 16.9 Å². The number of rotatable bonds is 1. The lowest BCUT2D eigenvalue weighted by Crippen LogP contribution is -2.02. The quantitative estimate of drug-likeness (QED) is 0.512. The molecule has 0 aromatic heterocycles. The molecule has 0 aliphatic heterocycles. The Morgan fingerprint density at radius 1 is 0.682 bits per heavy atom. The first kappa shape index (κ1) is 13.1. The fourth-order valence-corrected chi connectivity index (χ4v) is 3.62. The summed E-state index contributed by atoms with van der Waals surface area (Å²) in [6.45, 7) is 4.04. The second-order valence-electron chi connectivity index (χ2n) is 6.10. The van der Waals surface area contributed by atoms with E-state index in [2.05, 4.69) is 61.5 Å². The van der Waals surface area contributed by atoms with Crippen LogP contribution in [0, 0.1) is 13.8 Å². The molecule has 0 heterocycles. The SMILES string of the molecule is Cc1cc(C2c3ccccc3-c3ccccc32)c(C)cc1O. The molecule has 0 radical (unpaired) electrons. The van der Waals surface area contributed by atoms with E-state index < -0.39 is 0 Å². The maximum atomic E-state index is 9.96. The highest BCUT2D eigenvalue weighted by Crippen LogP contribution is 2.48. The van der Waals surface area contributed by atoms with Gasteiger partial charge in [-0.15, -0.1) is 0 Å². The van der Waals surface area contributed by atoms with E-state index in [9.17, 15) is 5.11 Å². The number of hydrogen-bond donors (Lipinski definition) is 1. The molecule has 1 nitrogen and oxygen atoms in total. The van der Waals surface area contributed by atoms with Crippen molar-refractivity contribution in [2.45, 2.75) is 19.8 Å². The third-order valence-corrected chi connectivity index (χ3v) is 4.73. The fourth-order valence-electron chi connectivity index (χ4n) is 3.62. The number of benzene rings is 3. The molecule has 3 aromatic carbocycles. The zero-order chi connectivity index (χ0) is 15.3. The third-order valence-electron chi connectivity index (χ3n) is 4.73. The van der Waals surface area contributed by atoms with Gasteiger partial charge in [0.15, 0.2) is 0 Å². The van der Waals surface area contributed by atoms with Crippen LogP contribution in [0.3, 0.4) is 0 Å². The Hall–Kier alpha value is -2.54. The first-order valence-electron chi connectivity index (χ1n) is 7.65. The Morgan fingerprint density at radius 2 is 1.23 bits per heavy atom. The van der Waals surface area contributed by atoms with Crippen LogP contribution in [-0.2, 0) is 0 Å². The molecule has 0 amide bonds. The first-order chi connectivity index (χ1) is 10.7. The minimum Gasteiger partial charge on any atom is -0.508 e. The number of phenols is 1. The van der Waals surface area contributed by atoms with E-state index in [1.165, 1.54) is 27.8 Å². The van der Waals surface area contributed by atoms with Crippen molar-refractivity contribution < 1.29 is 5.11 Å². The number of fused-ring (bicyclic) bond motifs is 3. The van der Waals surface area contributed by atoms with Crippen LogP contribution >= 0.6 is 0 Å². The maximum Gasteiger partial charge on any atom is 0.118 e. The molecular weight excluding hydrogens is 268 g/mol. The van der Waals surface area contributed by atoms with Gasteiger partial charge in [0.2, 0.25) is 0 Å². The molecule has 22 heavy (non-hydrogen) atoms. The van der Waals surface area contributed by atoms with Crippen molar-refractivity contribution in [1.29, 1.82) is 0 Å². The van der Waals surface area contributed by atoms with Gasteiger partial charge in [-0.05, 0) is 58.9 Å². The van der Waals surface area contributed by atoms with Gasteiger partial charge in [0, 0.05) is 5.92 Å². The lowest BCUT2D eigenvalue weighted by Gasteiger charge is -2.18. The van der Waals surface area contributed by atoms with Crippen LogP contribution in [0.25, 0.3) is 11.1 Å². The van der Waals surface area contributed by atoms with E-state index in [4.69, 9.17) is 0 Å². The highest BCUT2D eigenvalue weighted by Gasteiger charge is 2.30. The van der Waals surface area contributed by atoms with Gasteiger partial charge in [0.05, 0.1) is 0 Å². The molecule has 0 bridgehead atoms. The smallest absolute Gasteiger partial charge is 0.118 e. The van der Waals surface area contributed by atoms with E-state index in [1.807, 2.05) is 13.0 Å². The largest absolute Gasteiger partial charge is 0.508 e. The lowest BCUT2D eigenvalue weighted by molar-refractivity contribution is 0.470. The predicted molar refractivity (Wildman–Crippen MR) is 90.4 cm³/mol. The van der Waals surface area contributed by atoms with Gasteiger partial charge < -0.3 is 5.11 Å². The van der Waals surface area contributed by atoms with Crippen molar-refractivity contribution in [2.75, 3.05) is 0 Å². The minimum atomic E-state index is 0.256. The number of aromatic hydroxyl groups is 1.